The predicted molar refractivity (Wildman–Crippen MR) is 138 cm³/mol. The lowest BCUT2D eigenvalue weighted by atomic mass is 10.1. The molecule has 0 aliphatic carbocycles. The molecule has 0 atom stereocenters. The van der Waals surface area contributed by atoms with Crippen molar-refractivity contribution in [1.29, 1.82) is 5.41 Å². The number of imidazole rings is 1. The van der Waals surface area contributed by atoms with Gasteiger partial charge in [0, 0.05) is 41.3 Å². The number of carbonyl (C=O) groups excluding carboxylic acids is 2. The second kappa shape index (κ2) is 10.9. The van der Waals surface area contributed by atoms with Crippen LogP contribution in [0.15, 0.2) is 66.9 Å². The van der Waals surface area contributed by atoms with Gasteiger partial charge in [-0.3, -0.25) is 19.9 Å². The number of anilines is 2. The van der Waals surface area contributed by atoms with Crippen molar-refractivity contribution < 1.29 is 14.3 Å². The number of halogens is 1. The molecular weight excluding hydrogens is 482 g/mol. The Morgan fingerprint density at radius 3 is 2.56 bits per heavy atom. The standard InChI is InChI=1S/C25H24ClN7O3/c1-36-23(34)11-13-32(21-4-2-3-12-29-21)25(35)17-7-10-20-19(14-17)31-22(33(20)26)15-30-18-8-5-16(6-9-18)24(27)28/h2-10,12,14,30H,11,13,15H2,1H3,(H3,27,28). The van der Waals surface area contributed by atoms with E-state index >= 15 is 0 Å². The van der Waals surface area contributed by atoms with Gasteiger partial charge in [0.05, 0.1) is 31.1 Å². The molecule has 4 rings (SSSR count). The van der Waals surface area contributed by atoms with Gasteiger partial charge >= 0.3 is 5.97 Å². The zero-order chi connectivity index (χ0) is 25.7. The molecule has 0 saturated heterocycles. The number of methoxy groups -OCH3 is 1. The number of esters is 1. The number of rotatable bonds is 9. The number of fused-ring (bicyclic) bond motifs is 1. The molecule has 36 heavy (non-hydrogen) atoms. The first kappa shape index (κ1) is 24.7. The van der Waals surface area contributed by atoms with Gasteiger partial charge < -0.3 is 15.8 Å². The first-order valence-corrected chi connectivity index (χ1v) is 11.4. The minimum atomic E-state index is -0.423. The molecule has 4 aromatic rings. The van der Waals surface area contributed by atoms with Crippen LogP contribution in [0.5, 0.6) is 0 Å². The third-order valence-electron chi connectivity index (χ3n) is 5.49. The molecule has 0 aliphatic heterocycles. The number of hydrogen-bond donors (Lipinski definition) is 3. The third kappa shape index (κ3) is 5.44. The number of hydrogen-bond acceptors (Lipinski definition) is 7. The van der Waals surface area contributed by atoms with Crippen LogP contribution in [-0.2, 0) is 16.1 Å². The van der Waals surface area contributed by atoms with Gasteiger partial charge in [-0.25, -0.2) is 14.1 Å². The fourth-order valence-corrected chi connectivity index (χ4v) is 3.83. The highest BCUT2D eigenvalue weighted by molar-refractivity contribution is 6.19. The first-order chi connectivity index (χ1) is 17.4. The average molecular weight is 506 g/mol. The number of benzene rings is 2. The number of ether oxygens (including phenoxy) is 1. The van der Waals surface area contributed by atoms with Crippen LogP contribution in [0.4, 0.5) is 11.5 Å². The van der Waals surface area contributed by atoms with E-state index < -0.39 is 5.97 Å². The van der Waals surface area contributed by atoms with Gasteiger partial charge in [0.15, 0.2) is 0 Å². The molecule has 0 unspecified atom stereocenters. The summed E-state index contributed by atoms with van der Waals surface area (Å²) in [6, 6.07) is 17.4. The molecule has 0 radical (unpaired) electrons. The maximum atomic E-state index is 13.4. The Morgan fingerprint density at radius 2 is 1.89 bits per heavy atom. The minimum absolute atomic E-state index is 0.00126. The molecule has 11 heteroatoms. The summed E-state index contributed by atoms with van der Waals surface area (Å²) in [4.78, 5) is 35.4. The summed E-state index contributed by atoms with van der Waals surface area (Å²) < 4.78 is 6.16. The topological polar surface area (TPSA) is 139 Å². The number of carbonyl (C=O) groups is 2. The molecule has 184 valence electrons. The van der Waals surface area contributed by atoms with Crippen LogP contribution >= 0.6 is 11.8 Å². The number of nitrogen functional groups attached to an aromatic ring is 1. The van der Waals surface area contributed by atoms with Gasteiger partial charge in [-0.2, -0.15) is 0 Å². The van der Waals surface area contributed by atoms with E-state index in [1.54, 1.807) is 54.7 Å². The molecule has 0 spiro atoms. The lowest BCUT2D eigenvalue weighted by Crippen LogP contribution is -2.33. The van der Waals surface area contributed by atoms with Crippen molar-refractivity contribution in [3.63, 3.8) is 0 Å². The monoisotopic (exact) mass is 505 g/mol. The Hall–Kier alpha value is -4.44. The molecule has 0 fully saturated rings. The van der Waals surface area contributed by atoms with Crippen LogP contribution in [0.3, 0.4) is 0 Å². The summed E-state index contributed by atoms with van der Waals surface area (Å²) in [5.41, 5.74) is 8.52. The molecular formula is C25H24ClN7O3. The van der Waals surface area contributed by atoms with Crippen LogP contribution < -0.4 is 16.0 Å². The van der Waals surface area contributed by atoms with Crippen molar-refractivity contribution in [3.05, 3.63) is 83.8 Å². The molecule has 4 N–H and O–H groups in total. The fourth-order valence-electron chi connectivity index (χ4n) is 3.59. The Kier molecular flexibility index (Phi) is 7.45. The van der Waals surface area contributed by atoms with Crippen molar-refractivity contribution >= 4 is 52.0 Å². The number of amidine groups is 1. The van der Waals surface area contributed by atoms with Crippen molar-refractivity contribution in [3.8, 4) is 0 Å². The van der Waals surface area contributed by atoms with Crippen LogP contribution in [-0.4, -0.2) is 45.4 Å². The number of nitrogens with two attached hydrogens (primary N) is 1. The molecule has 10 nitrogen and oxygen atoms in total. The third-order valence-corrected chi connectivity index (χ3v) is 5.87. The molecule has 0 bridgehead atoms. The highest BCUT2D eigenvalue weighted by Gasteiger charge is 2.21. The average Bonchev–Trinajstić information content (AvgIpc) is 3.22. The van der Waals surface area contributed by atoms with Crippen molar-refractivity contribution in [2.45, 2.75) is 13.0 Å². The van der Waals surface area contributed by atoms with Crippen LogP contribution in [0, 0.1) is 5.41 Å². The van der Waals surface area contributed by atoms with Gasteiger partial charge in [-0.05, 0) is 54.6 Å². The molecule has 2 heterocycles. The zero-order valence-electron chi connectivity index (χ0n) is 19.4. The number of pyridine rings is 1. The molecule has 0 aliphatic rings. The Balaban J connectivity index is 1.55. The van der Waals surface area contributed by atoms with E-state index in [0.717, 1.165) is 5.69 Å². The normalized spacial score (nSPS) is 10.7. The van der Waals surface area contributed by atoms with E-state index in [4.69, 9.17) is 27.7 Å². The molecule has 1 amide bonds. The van der Waals surface area contributed by atoms with Crippen LogP contribution in [0.25, 0.3) is 11.0 Å². The Labute approximate surface area is 212 Å². The second-order valence-electron chi connectivity index (χ2n) is 7.83. The van der Waals surface area contributed by atoms with Gasteiger partial charge in [-0.15, -0.1) is 0 Å². The van der Waals surface area contributed by atoms with E-state index in [9.17, 15) is 9.59 Å². The van der Waals surface area contributed by atoms with Crippen LogP contribution in [0.2, 0.25) is 0 Å². The summed E-state index contributed by atoms with van der Waals surface area (Å²) in [6.07, 6.45) is 1.61. The fraction of sp³-hybridized carbons (Fsp3) is 0.160. The summed E-state index contributed by atoms with van der Waals surface area (Å²) in [5.74, 6) is 0.234. The maximum absolute atomic E-state index is 13.4. The largest absolute Gasteiger partial charge is 0.469 e. The number of nitrogens with zero attached hydrogens (tertiary/aromatic N) is 4. The molecule has 0 saturated carbocycles. The van der Waals surface area contributed by atoms with E-state index in [1.165, 1.54) is 16.1 Å². The summed E-state index contributed by atoms with van der Waals surface area (Å²) in [5, 5.41) is 10.7. The summed E-state index contributed by atoms with van der Waals surface area (Å²) in [7, 11) is 1.30. The van der Waals surface area contributed by atoms with Gasteiger partial charge in [0.25, 0.3) is 5.91 Å². The lowest BCUT2D eigenvalue weighted by Gasteiger charge is -2.21. The lowest BCUT2D eigenvalue weighted by molar-refractivity contribution is -0.140. The second-order valence-corrected chi connectivity index (χ2v) is 8.17. The van der Waals surface area contributed by atoms with Gasteiger partial charge in [0.1, 0.15) is 17.5 Å². The van der Waals surface area contributed by atoms with Gasteiger partial charge in [0.2, 0.25) is 0 Å². The molecule has 2 aromatic carbocycles. The molecule has 2 aromatic heterocycles. The Bertz CT molecular complexity index is 1400. The number of nitrogens with one attached hydrogen (secondary N) is 2. The van der Waals surface area contributed by atoms with E-state index in [1.807, 2.05) is 12.1 Å². The van der Waals surface area contributed by atoms with Gasteiger partial charge in [-0.1, -0.05) is 6.07 Å². The number of amides is 1. The summed E-state index contributed by atoms with van der Waals surface area (Å²) >= 11 is 6.49. The van der Waals surface area contributed by atoms with E-state index in [2.05, 4.69) is 15.3 Å². The smallest absolute Gasteiger partial charge is 0.307 e. The van der Waals surface area contributed by atoms with Crippen molar-refractivity contribution in [2.75, 3.05) is 23.9 Å². The van der Waals surface area contributed by atoms with Crippen molar-refractivity contribution in [2.24, 2.45) is 5.73 Å². The van der Waals surface area contributed by atoms with Crippen molar-refractivity contribution in [1.82, 2.24) is 14.1 Å². The predicted octanol–water partition coefficient (Wildman–Crippen LogP) is 3.54. The van der Waals surface area contributed by atoms with E-state index in [0.29, 0.717) is 40.3 Å². The quantitative estimate of drug-likeness (QED) is 0.179. The SMILES string of the molecule is COC(=O)CCN(C(=O)c1ccc2c(c1)nc(CNc1ccc(C(=N)N)cc1)n2Cl)c1ccccn1. The highest BCUT2D eigenvalue weighted by Crippen LogP contribution is 2.23. The van der Waals surface area contributed by atoms with Crippen LogP contribution in [0.1, 0.15) is 28.2 Å². The maximum Gasteiger partial charge on any atom is 0.307 e. The number of aromatic nitrogens is 3. The highest BCUT2D eigenvalue weighted by atomic mass is 35.5. The van der Waals surface area contributed by atoms with E-state index in [-0.39, 0.29) is 24.7 Å². The zero-order valence-corrected chi connectivity index (χ0v) is 20.2. The summed E-state index contributed by atoms with van der Waals surface area (Å²) in [6.45, 7) is 0.447. The Morgan fingerprint density at radius 1 is 1.14 bits per heavy atom. The first-order valence-electron chi connectivity index (χ1n) is 11.0. The minimum Gasteiger partial charge on any atom is -0.469 e.